The van der Waals surface area contributed by atoms with Gasteiger partial charge in [-0.2, -0.15) is 0 Å². The first-order chi connectivity index (χ1) is 9.78. The van der Waals surface area contributed by atoms with Crippen LogP contribution in [-0.2, 0) is 6.54 Å². The van der Waals surface area contributed by atoms with E-state index in [-0.39, 0.29) is 17.0 Å². The maximum absolute atomic E-state index is 12.4. The van der Waals surface area contributed by atoms with Crippen molar-refractivity contribution in [3.63, 3.8) is 0 Å². The molecule has 1 fully saturated rings. The number of hydrogen-bond donors (Lipinski definition) is 1. The molecule has 0 saturated carbocycles. The van der Waals surface area contributed by atoms with Crippen molar-refractivity contribution in [3.8, 4) is 0 Å². The van der Waals surface area contributed by atoms with Crippen LogP contribution in [-0.4, -0.2) is 47.0 Å². The molecule has 5 nitrogen and oxygen atoms in total. The van der Waals surface area contributed by atoms with Gasteiger partial charge in [-0.25, -0.2) is 9.59 Å². The van der Waals surface area contributed by atoms with Crippen LogP contribution in [0.15, 0.2) is 24.3 Å². The summed E-state index contributed by atoms with van der Waals surface area (Å²) in [6.07, 6.45) is 1.03. The molecule has 0 spiro atoms. The van der Waals surface area contributed by atoms with Crippen LogP contribution < -0.4 is 0 Å². The second-order valence-electron chi connectivity index (χ2n) is 6.48. The highest BCUT2D eigenvalue weighted by Crippen LogP contribution is 2.29. The van der Waals surface area contributed by atoms with E-state index in [1.165, 1.54) is 0 Å². The van der Waals surface area contributed by atoms with Gasteiger partial charge in [0.15, 0.2) is 0 Å². The van der Waals surface area contributed by atoms with Crippen LogP contribution in [0.1, 0.15) is 36.2 Å². The van der Waals surface area contributed by atoms with Crippen LogP contribution in [0.4, 0.5) is 4.79 Å². The van der Waals surface area contributed by atoms with E-state index in [4.69, 9.17) is 5.11 Å². The van der Waals surface area contributed by atoms with E-state index in [0.29, 0.717) is 6.54 Å². The minimum atomic E-state index is -0.940. The Labute approximate surface area is 125 Å². The van der Waals surface area contributed by atoms with Crippen LogP contribution >= 0.6 is 0 Å². The fourth-order valence-corrected chi connectivity index (χ4v) is 2.61. The molecule has 0 unspecified atom stereocenters. The Morgan fingerprint density at radius 3 is 2.38 bits per heavy atom. The quantitative estimate of drug-likeness (QED) is 0.931. The third-order valence-electron chi connectivity index (χ3n) is 3.90. The molecular formula is C16H22N2O3. The number of rotatable bonds is 3. The first kappa shape index (κ1) is 15.4. The molecule has 1 aromatic carbocycles. The number of aromatic carboxylic acids is 1. The van der Waals surface area contributed by atoms with Crippen molar-refractivity contribution < 1.29 is 14.7 Å². The van der Waals surface area contributed by atoms with E-state index in [0.717, 1.165) is 25.1 Å². The predicted molar refractivity (Wildman–Crippen MR) is 80.2 cm³/mol. The first-order valence-electron chi connectivity index (χ1n) is 7.11. The number of benzene rings is 1. The minimum Gasteiger partial charge on any atom is -0.478 e. The van der Waals surface area contributed by atoms with Crippen molar-refractivity contribution in [2.75, 3.05) is 20.1 Å². The van der Waals surface area contributed by atoms with E-state index in [1.54, 1.807) is 36.2 Å². The van der Waals surface area contributed by atoms with Crippen molar-refractivity contribution in [1.82, 2.24) is 9.80 Å². The lowest BCUT2D eigenvalue weighted by atomic mass is 9.93. The molecule has 1 aliphatic heterocycles. The average molecular weight is 290 g/mol. The maximum atomic E-state index is 12.4. The van der Waals surface area contributed by atoms with Gasteiger partial charge in [0.1, 0.15) is 0 Å². The molecule has 1 saturated heterocycles. The number of urea groups is 1. The molecule has 114 valence electrons. The Balaban J connectivity index is 1.96. The number of carboxylic acid groups (broad SMARTS) is 1. The SMILES string of the molecule is CN(Cc1ccc(C(=O)O)cc1)C(=O)N1CCC(C)(C)C1. The van der Waals surface area contributed by atoms with E-state index < -0.39 is 5.97 Å². The van der Waals surface area contributed by atoms with Crippen LogP contribution in [0.5, 0.6) is 0 Å². The van der Waals surface area contributed by atoms with Gasteiger partial charge in [0, 0.05) is 26.7 Å². The monoisotopic (exact) mass is 290 g/mol. The Hall–Kier alpha value is -2.04. The van der Waals surface area contributed by atoms with E-state index in [9.17, 15) is 9.59 Å². The first-order valence-corrected chi connectivity index (χ1v) is 7.11. The van der Waals surface area contributed by atoms with Gasteiger partial charge in [-0.3, -0.25) is 0 Å². The molecule has 0 aromatic heterocycles. The molecule has 1 N–H and O–H groups in total. The number of carboxylic acids is 1. The van der Waals surface area contributed by atoms with Gasteiger partial charge in [0.2, 0.25) is 0 Å². The Morgan fingerprint density at radius 2 is 1.90 bits per heavy atom. The van der Waals surface area contributed by atoms with E-state index >= 15 is 0 Å². The molecular weight excluding hydrogens is 268 g/mol. The molecule has 1 aromatic rings. The zero-order chi connectivity index (χ0) is 15.6. The number of nitrogens with zero attached hydrogens (tertiary/aromatic N) is 2. The largest absolute Gasteiger partial charge is 0.478 e. The Bertz CT molecular complexity index is 537. The van der Waals surface area contributed by atoms with Crippen LogP contribution in [0.25, 0.3) is 0 Å². The molecule has 21 heavy (non-hydrogen) atoms. The summed E-state index contributed by atoms with van der Waals surface area (Å²) in [6, 6.07) is 6.66. The van der Waals surface area contributed by atoms with Crippen molar-refractivity contribution in [3.05, 3.63) is 35.4 Å². The van der Waals surface area contributed by atoms with Crippen molar-refractivity contribution >= 4 is 12.0 Å². The lowest BCUT2D eigenvalue weighted by Crippen LogP contribution is -2.40. The molecule has 0 radical (unpaired) electrons. The van der Waals surface area contributed by atoms with Gasteiger partial charge in [-0.1, -0.05) is 26.0 Å². The summed E-state index contributed by atoms with van der Waals surface area (Å²) in [5, 5.41) is 8.87. The topological polar surface area (TPSA) is 60.9 Å². The third kappa shape index (κ3) is 3.74. The number of amides is 2. The van der Waals surface area contributed by atoms with Gasteiger partial charge in [0.05, 0.1) is 5.56 Å². The lowest BCUT2D eigenvalue weighted by molar-refractivity contribution is 0.0697. The summed E-state index contributed by atoms with van der Waals surface area (Å²) >= 11 is 0. The summed E-state index contributed by atoms with van der Waals surface area (Å²) in [5.41, 5.74) is 1.38. The maximum Gasteiger partial charge on any atom is 0.335 e. The summed E-state index contributed by atoms with van der Waals surface area (Å²) in [4.78, 5) is 26.7. The Morgan fingerprint density at radius 1 is 1.29 bits per heavy atom. The number of carbonyl (C=O) groups is 2. The van der Waals surface area contributed by atoms with Gasteiger partial charge < -0.3 is 14.9 Å². The van der Waals surface area contributed by atoms with Gasteiger partial charge in [-0.05, 0) is 29.5 Å². The van der Waals surface area contributed by atoms with E-state index in [2.05, 4.69) is 13.8 Å². The summed E-state index contributed by atoms with van der Waals surface area (Å²) < 4.78 is 0. The number of likely N-dealkylation sites (tertiary alicyclic amines) is 1. The van der Waals surface area contributed by atoms with Gasteiger partial charge >= 0.3 is 12.0 Å². The van der Waals surface area contributed by atoms with Gasteiger partial charge in [-0.15, -0.1) is 0 Å². The summed E-state index contributed by atoms with van der Waals surface area (Å²) in [7, 11) is 1.78. The zero-order valence-corrected chi connectivity index (χ0v) is 12.8. The van der Waals surface area contributed by atoms with Crippen molar-refractivity contribution in [2.45, 2.75) is 26.8 Å². The molecule has 5 heteroatoms. The highest BCUT2D eigenvalue weighted by Gasteiger charge is 2.33. The molecule has 0 bridgehead atoms. The highest BCUT2D eigenvalue weighted by molar-refractivity contribution is 5.87. The molecule has 1 aliphatic rings. The zero-order valence-electron chi connectivity index (χ0n) is 12.8. The van der Waals surface area contributed by atoms with Crippen molar-refractivity contribution in [2.24, 2.45) is 5.41 Å². The third-order valence-corrected chi connectivity index (χ3v) is 3.90. The molecule has 2 rings (SSSR count). The molecule has 2 amide bonds. The molecule has 0 atom stereocenters. The standard InChI is InChI=1S/C16H22N2O3/c1-16(2)8-9-18(11-16)15(21)17(3)10-12-4-6-13(7-5-12)14(19)20/h4-7H,8-11H2,1-3H3,(H,19,20). The van der Waals surface area contributed by atoms with Crippen molar-refractivity contribution in [1.29, 1.82) is 0 Å². The lowest BCUT2D eigenvalue weighted by Gasteiger charge is -2.26. The summed E-state index contributed by atoms with van der Waals surface area (Å²) in [6.45, 7) is 6.41. The fraction of sp³-hybridized carbons (Fsp3) is 0.500. The minimum absolute atomic E-state index is 0.0305. The van der Waals surface area contributed by atoms with Crippen LogP contribution in [0.3, 0.4) is 0 Å². The van der Waals surface area contributed by atoms with Crippen LogP contribution in [0, 0.1) is 5.41 Å². The summed E-state index contributed by atoms with van der Waals surface area (Å²) in [5.74, 6) is -0.940. The highest BCUT2D eigenvalue weighted by atomic mass is 16.4. The van der Waals surface area contributed by atoms with Crippen LogP contribution in [0.2, 0.25) is 0 Å². The smallest absolute Gasteiger partial charge is 0.335 e. The molecule has 0 aliphatic carbocycles. The van der Waals surface area contributed by atoms with E-state index in [1.807, 2.05) is 4.90 Å². The Kier molecular flexibility index (Phi) is 4.21. The fourth-order valence-electron chi connectivity index (χ4n) is 2.61. The predicted octanol–water partition coefficient (Wildman–Crippen LogP) is 2.67. The second-order valence-corrected chi connectivity index (χ2v) is 6.48. The number of hydrogen-bond acceptors (Lipinski definition) is 2. The normalized spacial score (nSPS) is 16.8. The molecule has 1 heterocycles. The number of carbonyl (C=O) groups excluding carboxylic acids is 1. The average Bonchev–Trinajstić information content (AvgIpc) is 2.78. The van der Waals surface area contributed by atoms with Gasteiger partial charge in [0.25, 0.3) is 0 Å². The second kappa shape index (κ2) is 5.76.